The highest BCUT2D eigenvalue weighted by molar-refractivity contribution is 6.08. The van der Waals surface area contributed by atoms with E-state index in [0.717, 1.165) is 0 Å². The normalized spacial score (nSPS) is 9.55. The summed E-state index contributed by atoms with van der Waals surface area (Å²) in [5.74, 6) is 0. The lowest BCUT2D eigenvalue weighted by molar-refractivity contribution is 0.531. The van der Waals surface area contributed by atoms with Gasteiger partial charge in [0.15, 0.2) is 0 Å². The van der Waals surface area contributed by atoms with E-state index in [-0.39, 0.29) is 37.2 Å². The maximum absolute atomic E-state index is 3.53. The van der Waals surface area contributed by atoms with E-state index < -0.39 is 0 Å². The van der Waals surface area contributed by atoms with Gasteiger partial charge < -0.3 is 0 Å². The van der Waals surface area contributed by atoms with Gasteiger partial charge in [-0.05, 0) is 0 Å². The number of unbranched alkanes of at least 4 members (excludes halogenated alkanes) is 15. The van der Waals surface area contributed by atoms with Crippen molar-refractivity contribution in [2.75, 3.05) is 0 Å². The third-order valence-corrected chi connectivity index (χ3v) is 4.38. The van der Waals surface area contributed by atoms with Gasteiger partial charge in [-0.25, -0.2) is 0 Å². The van der Waals surface area contributed by atoms with Crippen LogP contribution in [0.1, 0.15) is 110 Å². The van der Waals surface area contributed by atoms with E-state index in [0.29, 0.717) is 0 Å². The molecular formula is C18H40Cl3Si. The largest absolute Gasteiger partial charge is 0.147 e. The van der Waals surface area contributed by atoms with Gasteiger partial charge >= 0.3 is 0 Å². The van der Waals surface area contributed by atoms with Gasteiger partial charge in [-0.3, -0.25) is 0 Å². The van der Waals surface area contributed by atoms with Crippen LogP contribution < -0.4 is 0 Å². The summed E-state index contributed by atoms with van der Waals surface area (Å²) in [4.78, 5) is 0. The van der Waals surface area contributed by atoms with E-state index in [9.17, 15) is 0 Å². The van der Waals surface area contributed by atoms with E-state index in [1.165, 1.54) is 109 Å². The van der Waals surface area contributed by atoms with Crippen LogP contribution in [0.2, 0.25) is 6.04 Å². The Morgan fingerprint density at radius 3 is 0.864 bits per heavy atom. The fourth-order valence-electron chi connectivity index (χ4n) is 2.67. The molecule has 22 heavy (non-hydrogen) atoms. The molecule has 0 heterocycles. The van der Waals surface area contributed by atoms with Crippen molar-refractivity contribution in [2.45, 2.75) is 116 Å². The smallest absolute Gasteiger partial charge is 0.0222 e. The molecule has 0 aromatic rings. The molecular weight excluding hydrogens is 351 g/mol. The minimum atomic E-state index is 0. The minimum Gasteiger partial charge on any atom is -0.147 e. The maximum atomic E-state index is 3.53. The van der Waals surface area contributed by atoms with Crippen molar-refractivity contribution in [3.8, 4) is 0 Å². The van der Waals surface area contributed by atoms with Gasteiger partial charge in [0.2, 0.25) is 0 Å². The fourth-order valence-corrected chi connectivity index (χ4v) is 2.92. The van der Waals surface area contributed by atoms with Crippen LogP contribution in [0.15, 0.2) is 0 Å². The van der Waals surface area contributed by atoms with E-state index in [4.69, 9.17) is 0 Å². The molecule has 0 nitrogen and oxygen atoms in total. The first-order valence-corrected chi connectivity index (χ1v) is 9.77. The molecule has 0 aromatic carbocycles. The van der Waals surface area contributed by atoms with Crippen LogP contribution in [0.25, 0.3) is 0 Å². The third kappa shape index (κ3) is 29.1. The molecule has 0 saturated carbocycles. The average molecular weight is 391 g/mol. The molecule has 0 bridgehead atoms. The number of hydrogen-bond acceptors (Lipinski definition) is 0. The molecule has 0 saturated heterocycles. The molecule has 0 N–H and O–H groups in total. The summed E-state index contributed by atoms with van der Waals surface area (Å²) in [6.45, 7) is 2.29. The maximum Gasteiger partial charge on any atom is 0.0222 e. The van der Waals surface area contributed by atoms with E-state index in [2.05, 4.69) is 17.2 Å². The molecule has 3 radical (unpaired) electrons. The Labute approximate surface area is 163 Å². The fraction of sp³-hybridized carbons (Fsp3) is 1.00. The summed E-state index contributed by atoms with van der Waals surface area (Å²) in [5.41, 5.74) is 0. The van der Waals surface area contributed by atoms with Crippen molar-refractivity contribution in [2.24, 2.45) is 0 Å². The standard InChI is InChI=1S/C18H37Si.3ClH/c1-2-3-4-5-6-7-8-9-10-11-12-13-14-15-16-17-18-19;;;/h2-18H2,1H3;3*1H. The Balaban J connectivity index is -0.000000540. The number of hydrogen-bond donors (Lipinski definition) is 0. The van der Waals surface area contributed by atoms with E-state index >= 15 is 0 Å². The first-order valence-electron chi connectivity index (χ1n) is 9.06. The lowest BCUT2D eigenvalue weighted by Crippen LogP contribution is -1.83. The summed E-state index contributed by atoms with van der Waals surface area (Å²) in [7, 11) is 3.53. The quantitative estimate of drug-likeness (QED) is 0.184. The average Bonchev–Trinajstić information content (AvgIpc) is 2.43. The molecule has 0 aliphatic rings. The molecule has 0 aliphatic heterocycles. The second-order valence-electron chi connectivity index (χ2n) is 6.05. The summed E-state index contributed by atoms with van der Waals surface area (Å²) in [5, 5.41) is 0. The van der Waals surface area contributed by atoms with Gasteiger partial charge in [-0.15, -0.1) is 37.2 Å². The first-order chi connectivity index (χ1) is 9.41. The van der Waals surface area contributed by atoms with Crippen molar-refractivity contribution in [3.63, 3.8) is 0 Å². The van der Waals surface area contributed by atoms with Crippen molar-refractivity contribution < 1.29 is 0 Å². The van der Waals surface area contributed by atoms with Gasteiger partial charge in [-0.1, -0.05) is 116 Å². The molecule has 0 fully saturated rings. The van der Waals surface area contributed by atoms with Crippen LogP contribution in [0.5, 0.6) is 0 Å². The van der Waals surface area contributed by atoms with Crippen LogP contribution in [-0.4, -0.2) is 10.2 Å². The van der Waals surface area contributed by atoms with Crippen LogP contribution in [0, 0.1) is 0 Å². The molecule has 0 aromatic heterocycles. The third-order valence-electron chi connectivity index (χ3n) is 4.03. The molecule has 0 atom stereocenters. The Kier molecular flexibility index (Phi) is 42.2. The van der Waals surface area contributed by atoms with Gasteiger partial charge in [0.05, 0.1) is 0 Å². The molecule has 0 unspecified atom stereocenters. The van der Waals surface area contributed by atoms with Crippen LogP contribution >= 0.6 is 37.2 Å². The molecule has 137 valence electrons. The topological polar surface area (TPSA) is 0 Å². The lowest BCUT2D eigenvalue weighted by atomic mass is 10.0. The summed E-state index contributed by atoms with van der Waals surface area (Å²) < 4.78 is 0. The van der Waals surface area contributed by atoms with Crippen LogP contribution in [0.3, 0.4) is 0 Å². The monoisotopic (exact) mass is 389 g/mol. The van der Waals surface area contributed by atoms with Crippen molar-refractivity contribution in [1.29, 1.82) is 0 Å². The number of halogens is 3. The predicted octanol–water partition coefficient (Wildman–Crippen LogP) is 8.10. The van der Waals surface area contributed by atoms with Crippen LogP contribution in [-0.2, 0) is 0 Å². The van der Waals surface area contributed by atoms with Gasteiger partial charge in [-0.2, -0.15) is 0 Å². The molecule has 4 heteroatoms. The predicted molar refractivity (Wildman–Crippen MR) is 112 cm³/mol. The van der Waals surface area contributed by atoms with Gasteiger partial charge in [0.1, 0.15) is 0 Å². The Bertz CT molecular complexity index is 141. The number of rotatable bonds is 16. The molecule has 0 rings (SSSR count). The Hall–Kier alpha value is 1.09. The zero-order valence-corrected chi connectivity index (χ0v) is 18.2. The second kappa shape index (κ2) is 30.0. The SMILES string of the molecule is CCCCCCCCCCCCCCCCCC[Si].Cl.Cl.Cl. The molecule has 0 spiro atoms. The summed E-state index contributed by atoms with van der Waals surface area (Å²) in [6.07, 6.45) is 23.3. The van der Waals surface area contributed by atoms with E-state index in [1.807, 2.05) is 0 Å². The van der Waals surface area contributed by atoms with Gasteiger partial charge in [0.25, 0.3) is 0 Å². The molecule has 0 amide bonds. The first kappa shape index (κ1) is 30.9. The second-order valence-corrected chi connectivity index (χ2v) is 6.55. The van der Waals surface area contributed by atoms with E-state index in [1.54, 1.807) is 0 Å². The van der Waals surface area contributed by atoms with Crippen LogP contribution in [0.4, 0.5) is 0 Å². The zero-order valence-electron chi connectivity index (χ0n) is 14.7. The van der Waals surface area contributed by atoms with Crippen molar-refractivity contribution >= 4 is 47.5 Å². The highest BCUT2D eigenvalue weighted by Gasteiger charge is 1.94. The van der Waals surface area contributed by atoms with Gasteiger partial charge in [0, 0.05) is 10.2 Å². The minimum absolute atomic E-state index is 0. The highest BCUT2D eigenvalue weighted by atomic mass is 35.5. The Morgan fingerprint density at radius 1 is 0.409 bits per heavy atom. The summed E-state index contributed by atoms with van der Waals surface area (Å²) in [6, 6.07) is 1.18. The van der Waals surface area contributed by atoms with Crippen molar-refractivity contribution in [3.05, 3.63) is 0 Å². The lowest BCUT2D eigenvalue weighted by Gasteiger charge is -2.03. The van der Waals surface area contributed by atoms with Crippen molar-refractivity contribution in [1.82, 2.24) is 0 Å². The Morgan fingerprint density at radius 2 is 0.636 bits per heavy atom. The highest BCUT2D eigenvalue weighted by Crippen LogP contribution is 2.13. The summed E-state index contributed by atoms with van der Waals surface area (Å²) >= 11 is 0. The molecule has 0 aliphatic carbocycles. The zero-order chi connectivity index (χ0) is 14.0.